The van der Waals surface area contributed by atoms with Gasteiger partial charge in [0.15, 0.2) is 0 Å². The van der Waals surface area contributed by atoms with Crippen molar-refractivity contribution in [2.75, 3.05) is 6.61 Å². The van der Waals surface area contributed by atoms with Crippen molar-refractivity contribution in [3.8, 4) is 0 Å². The van der Waals surface area contributed by atoms with E-state index in [9.17, 15) is 0 Å². The van der Waals surface area contributed by atoms with E-state index < -0.39 is 0 Å². The molecule has 0 heterocycles. The predicted molar refractivity (Wildman–Crippen MR) is 43.8 cm³/mol. The Labute approximate surface area is 63.4 Å². The van der Waals surface area contributed by atoms with Crippen LogP contribution in [-0.4, -0.2) is 17.3 Å². The molecule has 1 unspecified atom stereocenters. The average Bonchev–Trinajstić information content (AvgIpc) is 1.85. The largest absolute Gasteiger partial charge is 0.394 e. The van der Waals surface area contributed by atoms with E-state index >= 15 is 0 Å². The van der Waals surface area contributed by atoms with Crippen LogP contribution in [0.3, 0.4) is 0 Å². The maximum atomic E-state index is 8.78. The van der Waals surface area contributed by atoms with E-state index in [1.165, 1.54) is 0 Å². The number of aliphatic hydroxyl groups excluding tert-OH is 1. The highest BCUT2D eigenvalue weighted by atomic mass is 16.3. The van der Waals surface area contributed by atoms with Gasteiger partial charge in [0, 0.05) is 5.54 Å². The Bertz CT molecular complexity index is 89.3. The van der Waals surface area contributed by atoms with Crippen LogP contribution in [-0.2, 0) is 0 Å². The van der Waals surface area contributed by atoms with E-state index in [1.807, 2.05) is 6.92 Å². The third-order valence-electron chi connectivity index (χ3n) is 1.65. The van der Waals surface area contributed by atoms with E-state index in [2.05, 4.69) is 13.8 Å². The van der Waals surface area contributed by atoms with Crippen molar-refractivity contribution in [3.05, 3.63) is 0 Å². The highest BCUT2D eigenvalue weighted by molar-refractivity contribution is 4.77. The molecule has 0 aromatic carbocycles. The highest BCUT2D eigenvalue weighted by Crippen LogP contribution is 2.12. The highest BCUT2D eigenvalue weighted by Gasteiger charge is 2.16. The van der Waals surface area contributed by atoms with Crippen molar-refractivity contribution in [3.63, 3.8) is 0 Å². The lowest BCUT2D eigenvalue weighted by atomic mass is 9.94. The molecule has 0 aliphatic heterocycles. The fourth-order valence-electron chi connectivity index (χ4n) is 0.697. The molecule has 0 fully saturated rings. The summed E-state index contributed by atoms with van der Waals surface area (Å²) in [6.45, 7) is 6.29. The molecule has 0 radical (unpaired) electrons. The monoisotopic (exact) mass is 145 g/mol. The molecule has 0 spiro atoms. The lowest BCUT2D eigenvalue weighted by Gasteiger charge is -2.22. The second-order valence-electron chi connectivity index (χ2n) is 3.74. The van der Waals surface area contributed by atoms with Crippen LogP contribution in [0.1, 0.15) is 33.6 Å². The van der Waals surface area contributed by atoms with Crippen LogP contribution in [0, 0.1) is 5.92 Å². The Kier molecular flexibility index (Phi) is 3.91. The number of rotatable bonds is 4. The summed E-state index contributed by atoms with van der Waals surface area (Å²) in [5, 5.41) is 8.78. The Morgan fingerprint density at radius 3 is 2.30 bits per heavy atom. The first-order valence-corrected chi connectivity index (χ1v) is 3.87. The minimum atomic E-state index is -0.371. The molecule has 1 atom stereocenters. The fourth-order valence-corrected chi connectivity index (χ4v) is 0.697. The van der Waals surface area contributed by atoms with Crippen LogP contribution >= 0.6 is 0 Å². The number of nitrogens with two attached hydrogens (primary N) is 1. The first kappa shape index (κ1) is 9.92. The zero-order valence-electron chi connectivity index (χ0n) is 7.22. The molecule has 2 heteroatoms. The summed E-state index contributed by atoms with van der Waals surface area (Å²) < 4.78 is 0. The van der Waals surface area contributed by atoms with Gasteiger partial charge in [0.25, 0.3) is 0 Å². The van der Waals surface area contributed by atoms with Gasteiger partial charge in [-0.3, -0.25) is 0 Å². The van der Waals surface area contributed by atoms with Gasteiger partial charge in [0.05, 0.1) is 6.61 Å². The smallest absolute Gasteiger partial charge is 0.0608 e. The molecule has 0 aliphatic rings. The predicted octanol–water partition coefficient (Wildman–Crippen LogP) is 1.13. The van der Waals surface area contributed by atoms with Crippen LogP contribution in [0.4, 0.5) is 0 Å². The maximum absolute atomic E-state index is 8.78. The molecule has 0 aromatic heterocycles. The van der Waals surface area contributed by atoms with Gasteiger partial charge in [-0.15, -0.1) is 0 Å². The van der Waals surface area contributed by atoms with Crippen LogP contribution < -0.4 is 5.73 Å². The van der Waals surface area contributed by atoms with Crippen molar-refractivity contribution in [1.29, 1.82) is 0 Å². The van der Waals surface area contributed by atoms with Gasteiger partial charge in [0.1, 0.15) is 0 Å². The summed E-state index contributed by atoms with van der Waals surface area (Å²) >= 11 is 0. The molecule has 3 N–H and O–H groups in total. The van der Waals surface area contributed by atoms with Crippen LogP contribution in [0.25, 0.3) is 0 Å². The van der Waals surface area contributed by atoms with Crippen molar-refractivity contribution in [1.82, 2.24) is 0 Å². The molecule has 0 bridgehead atoms. The van der Waals surface area contributed by atoms with Gasteiger partial charge in [-0.05, 0) is 25.7 Å². The summed E-state index contributed by atoms with van der Waals surface area (Å²) in [6.07, 6.45) is 1.99. The Balaban J connectivity index is 3.46. The molecular formula is C8H19NO. The topological polar surface area (TPSA) is 46.2 Å². The lowest BCUT2D eigenvalue weighted by molar-refractivity contribution is 0.194. The zero-order chi connectivity index (χ0) is 8.20. The summed E-state index contributed by atoms with van der Waals surface area (Å²) in [5.41, 5.74) is 5.34. The maximum Gasteiger partial charge on any atom is 0.0608 e. The average molecular weight is 145 g/mol. The molecule has 0 saturated heterocycles. The zero-order valence-corrected chi connectivity index (χ0v) is 7.22. The number of hydrogen-bond acceptors (Lipinski definition) is 2. The van der Waals surface area contributed by atoms with Gasteiger partial charge < -0.3 is 10.8 Å². The molecule has 62 valence electrons. The number of hydrogen-bond donors (Lipinski definition) is 2. The molecule has 0 amide bonds. The molecule has 2 nitrogen and oxygen atoms in total. The van der Waals surface area contributed by atoms with Gasteiger partial charge in [0.2, 0.25) is 0 Å². The fraction of sp³-hybridized carbons (Fsp3) is 1.00. The SMILES string of the molecule is CC(C)CCC(C)(N)CO. The van der Waals surface area contributed by atoms with Crippen molar-refractivity contribution >= 4 is 0 Å². The summed E-state index contributed by atoms with van der Waals surface area (Å²) in [7, 11) is 0. The third kappa shape index (κ3) is 4.77. The first-order valence-electron chi connectivity index (χ1n) is 3.87. The second-order valence-corrected chi connectivity index (χ2v) is 3.74. The molecule has 0 aromatic rings. The van der Waals surface area contributed by atoms with E-state index in [-0.39, 0.29) is 12.1 Å². The van der Waals surface area contributed by atoms with E-state index in [1.54, 1.807) is 0 Å². The van der Waals surface area contributed by atoms with Crippen molar-refractivity contribution in [2.24, 2.45) is 11.7 Å². The van der Waals surface area contributed by atoms with Crippen molar-refractivity contribution < 1.29 is 5.11 Å². The van der Waals surface area contributed by atoms with E-state index in [0.717, 1.165) is 12.8 Å². The van der Waals surface area contributed by atoms with Crippen LogP contribution in [0.2, 0.25) is 0 Å². The van der Waals surface area contributed by atoms with Crippen LogP contribution in [0.5, 0.6) is 0 Å². The second kappa shape index (κ2) is 3.94. The van der Waals surface area contributed by atoms with Gasteiger partial charge in [-0.1, -0.05) is 13.8 Å². The Morgan fingerprint density at radius 1 is 1.50 bits per heavy atom. The van der Waals surface area contributed by atoms with E-state index in [4.69, 9.17) is 10.8 Å². The quantitative estimate of drug-likeness (QED) is 0.623. The minimum Gasteiger partial charge on any atom is -0.394 e. The molecule has 0 aliphatic carbocycles. The molecular weight excluding hydrogens is 126 g/mol. The van der Waals surface area contributed by atoms with Crippen LogP contribution in [0.15, 0.2) is 0 Å². The minimum absolute atomic E-state index is 0.0831. The Hall–Kier alpha value is -0.0800. The van der Waals surface area contributed by atoms with Gasteiger partial charge >= 0.3 is 0 Å². The molecule has 10 heavy (non-hydrogen) atoms. The van der Waals surface area contributed by atoms with Gasteiger partial charge in [-0.25, -0.2) is 0 Å². The Morgan fingerprint density at radius 2 is 2.00 bits per heavy atom. The van der Waals surface area contributed by atoms with Gasteiger partial charge in [-0.2, -0.15) is 0 Å². The standard InChI is InChI=1S/C8H19NO/c1-7(2)4-5-8(3,9)6-10/h7,10H,4-6,9H2,1-3H3. The molecule has 0 rings (SSSR count). The summed E-state index contributed by atoms with van der Waals surface area (Å²) in [5.74, 6) is 0.675. The first-order chi connectivity index (χ1) is 4.48. The van der Waals surface area contributed by atoms with Crippen molar-refractivity contribution in [2.45, 2.75) is 39.2 Å². The summed E-state index contributed by atoms with van der Waals surface area (Å²) in [4.78, 5) is 0. The van der Waals surface area contributed by atoms with E-state index in [0.29, 0.717) is 5.92 Å². The normalized spacial score (nSPS) is 17.4. The summed E-state index contributed by atoms with van der Waals surface area (Å²) in [6, 6.07) is 0. The molecule has 0 saturated carbocycles. The third-order valence-corrected chi connectivity index (χ3v) is 1.65. The number of aliphatic hydroxyl groups is 1. The lowest BCUT2D eigenvalue weighted by Crippen LogP contribution is -2.40.